The summed E-state index contributed by atoms with van der Waals surface area (Å²) in [6, 6.07) is 90.0. The van der Waals surface area contributed by atoms with Crippen molar-refractivity contribution in [3.8, 4) is 16.8 Å². The number of hydrogen-bond acceptors (Lipinski definition) is 3. The molecule has 0 fully saturated rings. The van der Waals surface area contributed by atoms with Crippen molar-refractivity contribution >= 4 is 72.2 Å². The lowest BCUT2D eigenvalue weighted by Gasteiger charge is -2.45. The standard InChI is InChI=1S/C61H41N3O/c1-5-20-42(21-6-1)61(64(44-24-9-3-10-25-44)45-26-11-4-12-27-45)54-32-16-13-28-48(54)49-38-36-46(40-55(49)61)62(57-34-19-31-53-52-30-15-18-35-59(52)65-60(53)57)47-37-39-51-50-29-14-17-33-56(50)63(58(51)41-47)43-22-7-2-8-23-43/h1-41H. The van der Waals surface area contributed by atoms with Crippen LogP contribution in [0.15, 0.2) is 253 Å². The molecular weight excluding hydrogens is 791 g/mol. The number of anilines is 5. The van der Waals surface area contributed by atoms with Gasteiger partial charge in [-0.25, -0.2) is 0 Å². The summed E-state index contributed by atoms with van der Waals surface area (Å²) in [6.45, 7) is 0. The van der Waals surface area contributed by atoms with E-state index in [1.165, 1.54) is 44.1 Å². The molecule has 1 unspecified atom stereocenters. The van der Waals surface area contributed by atoms with Gasteiger partial charge in [-0.2, -0.15) is 0 Å². The third-order valence-electron chi connectivity index (χ3n) is 13.4. The number of furan rings is 1. The van der Waals surface area contributed by atoms with Gasteiger partial charge in [-0.15, -0.1) is 0 Å². The molecule has 65 heavy (non-hydrogen) atoms. The molecular formula is C61H41N3O. The summed E-state index contributed by atoms with van der Waals surface area (Å²) in [5, 5.41) is 4.59. The molecule has 1 aliphatic rings. The Morgan fingerprint density at radius 1 is 0.369 bits per heavy atom. The predicted octanol–water partition coefficient (Wildman–Crippen LogP) is 16.3. The highest BCUT2D eigenvalue weighted by Crippen LogP contribution is 2.59. The lowest BCUT2D eigenvalue weighted by atomic mass is 9.78. The van der Waals surface area contributed by atoms with E-state index in [9.17, 15) is 0 Å². The van der Waals surface area contributed by atoms with Crippen LogP contribution in [0.3, 0.4) is 0 Å². The maximum absolute atomic E-state index is 6.89. The Morgan fingerprint density at radius 3 is 1.71 bits per heavy atom. The molecule has 13 rings (SSSR count). The summed E-state index contributed by atoms with van der Waals surface area (Å²) in [5.74, 6) is 0. The van der Waals surface area contributed by atoms with E-state index in [4.69, 9.17) is 4.42 Å². The first-order valence-corrected chi connectivity index (χ1v) is 22.3. The first kappa shape index (κ1) is 37.0. The number of rotatable bonds is 8. The molecule has 0 saturated carbocycles. The maximum Gasteiger partial charge on any atom is 0.159 e. The Morgan fingerprint density at radius 2 is 0.938 bits per heavy atom. The first-order chi connectivity index (χ1) is 32.3. The minimum atomic E-state index is -0.771. The normalized spacial score (nSPS) is 14.2. The molecule has 0 aliphatic heterocycles. The zero-order valence-corrected chi connectivity index (χ0v) is 35.4. The highest BCUT2D eigenvalue weighted by Gasteiger charge is 2.50. The fourth-order valence-corrected chi connectivity index (χ4v) is 10.7. The first-order valence-electron chi connectivity index (χ1n) is 22.3. The van der Waals surface area contributed by atoms with Crippen LogP contribution >= 0.6 is 0 Å². The van der Waals surface area contributed by atoms with Crippen LogP contribution < -0.4 is 9.80 Å². The quantitative estimate of drug-likeness (QED) is 0.152. The number of aromatic nitrogens is 1. The van der Waals surface area contributed by atoms with Gasteiger partial charge >= 0.3 is 0 Å². The van der Waals surface area contributed by atoms with Gasteiger partial charge in [0.15, 0.2) is 5.58 Å². The fraction of sp³-hybridized carbons (Fsp3) is 0.0164. The molecule has 2 heterocycles. The molecule has 10 aromatic carbocycles. The van der Waals surface area contributed by atoms with Crippen LogP contribution in [-0.2, 0) is 5.54 Å². The van der Waals surface area contributed by atoms with Crippen molar-refractivity contribution in [1.29, 1.82) is 0 Å². The van der Waals surface area contributed by atoms with Crippen LogP contribution in [0.5, 0.6) is 0 Å². The van der Waals surface area contributed by atoms with Crippen LogP contribution in [0.25, 0.3) is 60.6 Å². The van der Waals surface area contributed by atoms with Crippen molar-refractivity contribution < 1.29 is 4.42 Å². The van der Waals surface area contributed by atoms with E-state index in [-0.39, 0.29) is 0 Å². The molecule has 0 saturated heterocycles. The van der Waals surface area contributed by atoms with E-state index < -0.39 is 5.54 Å². The van der Waals surface area contributed by atoms with Gasteiger partial charge < -0.3 is 18.8 Å². The van der Waals surface area contributed by atoms with Crippen LogP contribution in [0, 0.1) is 0 Å². The van der Waals surface area contributed by atoms with Gasteiger partial charge in [-0.1, -0.05) is 170 Å². The highest BCUT2D eigenvalue weighted by atomic mass is 16.3. The highest BCUT2D eigenvalue weighted by molar-refractivity contribution is 6.13. The van der Waals surface area contributed by atoms with E-state index in [1.54, 1.807) is 0 Å². The number of para-hydroxylation sites is 6. The molecule has 4 heteroatoms. The van der Waals surface area contributed by atoms with E-state index in [0.717, 1.165) is 61.6 Å². The fourth-order valence-electron chi connectivity index (χ4n) is 10.7. The van der Waals surface area contributed by atoms with Gasteiger partial charge in [-0.05, 0) is 107 Å². The zero-order valence-electron chi connectivity index (χ0n) is 35.4. The van der Waals surface area contributed by atoms with Gasteiger partial charge in [0.1, 0.15) is 11.1 Å². The molecule has 0 N–H and O–H groups in total. The Labute approximate surface area is 377 Å². The third-order valence-corrected chi connectivity index (χ3v) is 13.4. The minimum Gasteiger partial charge on any atom is -0.454 e. The summed E-state index contributed by atoms with van der Waals surface area (Å²) in [4.78, 5) is 4.96. The summed E-state index contributed by atoms with van der Waals surface area (Å²) in [5.41, 5.74) is 15.6. The van der Waals surface area contributed by atoms with E-state index in [0.29, 0.717) is 0 Å². The zero-order chi connectivity index (χ0) is 42.9. The van der Waals surface area contributed by atoms with Crippen molar-refractivity contribution in [3.05, 3.63) is 265 Å². The minimum absolute atomic E-state index is 0.771. The number of fused-ring (bicyclic) bond motifs is 9. The summed E-state index contributed by atoms with van der Waals surface area (Å²) < 4.78 is 9.28. The second-order valence-corrected chi connectivity index (χ2v) is 16.8. The Bertz CT molecular complexity index is 3690. The molecule has 1 aliphatic carbocycles. The molecule has 12 aromatic rings. The Kier molecular flexibility index (Phi) is 8.40. The van der Waals surface area contributed by atoms with Crippen LogP contribution in [0.4, 0.5) is 28.4 Å². The number of nitrogens with zero attached hydrogens (tertiary/aromatic N) is 3. The third kappa shape index (κ3) is 5.57. The Balaban J connectivity index is 1.14. The van der Waals surface area contributed by atoms with E-state index >= 15 is 0 Å². The molecule has 0 spiro atoms. The molecule has 0 amide bonds. The van der Waals surface area contributed by atoms with Gasteiger partial charge in [0.05, 0.1) is 16.7 Å². The smallest absolute Gasteiger partial charge is 0.159 e. The van der Waals surface area contributed by atoms with Crippen molar-refractivity contribution in [2.75, 3.05) is 9.80 Å². The lowest BCUT2D eigenvalue weighted by Crippen LogP contribution is -2.44. The average Bonchev–Trinajstić information content (AvgIpc) is 4.02. The van der Waals surface area contributed by atoms with Gasteiger partial charge in [-0.3, -0.25) is 0 Å². The van der Waals surface area contributed by atoms with Crippen LogP contribution in [0.2, 0.25) is 0 Å². The van der Waals surface area contributed by atoms with Crippen molar-refractivity contribution in [3.63, 3.8) is 0 Å². The van der Waals surface area contributed by atoms with Crippen molar-refractivity contribution in [2.24, 2.45) is 0 Å². The number of hydrogen-bond donors (Lipinski definition) is 0. The molecule has 0 bridgehead atoms. The lowest BCUT2D eigenvalue weighted by molar-refractivity contribution is 0.644. The largest absolute Gasteiger partial charge is 0.454 e. The van der Waals surface area contributed by atoms with Gasteiger partial charge in [0, 0.05) is 50.0 Å². The average molecular weight is 832 g/mol. The number of benzene rings is 10. The van der Waals surface area contributed by atoms with E-state index in [2.05, 4.69) is 257 Å². The molecule has 1 atom stereocenters. The van der Waals surface area contributed by atoms with Crippen molar-refractivity contribution in [2.45, 2.75) is 5.54 Å². The molecule has 306 valence electrons. The maximum atomic E-state index is 6.89. The summed E-state index contributed by atoms with van der Waals surface area (Å²) in [7, 11) is 0. The van der Waals surface area contributed by atoms with Gasteiger partial charge in [0.25, 0.3) is 0 Å². The monoisotopic (exact) mass is 831 g/mol. The van der Waals surface area contributed by atoms with Crippen LogP contribution in [0.1, 0.15) is 16.7 Å². The van der Waals surface area contributed by atoms with Gasteiger partial charge in [0.2, 0.25) is 0 Å². The molecule has 0 radical (unpaired) electrons. The SMILES string of the molecule is c1ccc(N(c2ccccc2)C2(c3ccccc3)c3ccccc3-c3ccc(N(c4ccc5c6ccccc6n(-c6ccccc6)c5c4)c4cccc5c4oc4ccccc45)cc32)cc1. The molecule has 2 aromatic heterocycles. The second kappa shape index (κ2) is 14.8. The van der Waals surface area contributed by atoms with Crippen LogP contribution in [-0.4, -0.2) is 4.57 Å². The molecule has 4 nitrogen and oxygen atoms in total. The van der Waals surface area contributed by atoms with E-state index in [1.807, 2.05) is 6.07 Å². The second-order valence-electron chi connectivity index (χ2n) is 16.8. The Hall–Kier alpha value is -8.60. The topological polar surface area (TPSA) is 24.6 Å². The summed E-state index contributed by atoms with van der Waals surface area (Å²) in [6.07, 6.45) is 0. The van der Waals surface area contributed by atoms with Crippen molar-refractivity contribution in [1.82, 2.24) is 4.57 Å². The summed E-state index contributed by atoms with van der Waals surface area (Å²) >= 11 is 0. The predicted molar refractivity (Wildman–Crippen MR) is 270 cm³/mol.